The molecule has 10 heteroatoms. The van der Waals surface area contributed by atoms with Gasteiger partial charge in [-0.1, -0.05) is 6.92 Å². The van der Waals surface area contributed by atoms with Crippen molar-refractivity contribution in [3.63, 3.8) is 0 Å². The molecule has 0 fully saturated rings. The van der Waals surface area contributed by atoms with E-state index in [2.05, 4.69) is 4.18 Å². The van der Waals surface area contributed by atoms with Crippen LogP contribution in [0, 0.1) is 11.6 Å². The molecule has 0 spiro atoms. The van der Waals surface area contributed by atoms with Gasteiger partial charge in [-0.25, -0.2) is 8.78 Å². The molecule has 0 bridgehead atoms. The first-order chi connectivity index (χ1) is 16.1. The van der Waals surface area contributed by atoms with Crippen molar-refractivity contribution in [1.82, 2.24) is 0 Å². The molecule has 0 amide bonds. The van der Waals surface area contributed by atoms with Crippen molar-refractivity contribution in [2.75, 3.05) is 12.9 Å². The highest BCUT2D eigenvalue weighted by molar-refractivity contribution is 7.85. The van der Waals surface area contributed by atoms with Gasteiger partial charge in [0, 0.05) is 0 Å². The van der Waals surface area contributed by atoms with Crippen molar-refractivity contribution >= 4 is 10.1 Å². The van der Waals surface area contributed by atoms with Crippen LogP contribution in [0.1, 0.15) is 37.3 Å². The van der Waals surface area contributed by atoms with Crippen LogP contribution < -0.4 is 9.47 Å². The second-order valence-electron chi connectivity index (χ2n) is 8.43. The molecule has 2 aliphatic rings. The monoisotopic (exact) mass is 500 g/mol. The fraction of sp³-hybridized carbons (Fsp3) is 0.500. The number of rotatable bonds is 6. The van der Waals surface area contributed by atoms with E-state index in [0.717, 1.165) is 30.2 Å². The van der Waals surface area contributed by atoms with E-state index in [1.54, 1.807) is 6.07 Å². The molecule has 0 aromatic heterocycles. The standard InChI is InChI=1S/C12H15FO5S.C12H15FO2/c1-19(15,16)17-7-10(14)12-4-2-8-6-9(13)3-5-11(8)18-12;1-2-10(14)12-5-3-8-7-9(13)4-6-11(8)15-12/h3,5-6,10,12,14H,2,4,7H2,1H3;4,6-7,10,12,14H,2-3,5H2,1H3/t2*10-,12-/m10/s1. The van der Waals surface area contributed by atoms with Gasteiger partial charge in [0.25, 0.3) is 10.1 Å². The lowest BCUT2D eigenvalue weighted by Crippen LogP contribution is -2.38. The van der Waals surface area contributed by atoms with Crippen molar-refractivity contribution in [3.8, 4) is 11.5 Å². The lowest BCUT2D eigenvalue weighted by atomic mass is 9.98. The topological polar surface area (TPSA) is 102 Å². The minimum absolute atomic E-state index is 0.145. The molecule has 4 rings (SSSR count). The zero-order valence-electron chi connectivity index (χ0n) is 19.1. The van der Waals surface area contributed by atoms with E-state index in [4.69, 9.17) is 9.47 Å². The number of halogens is 2. The molecule has 7 nitrogen and oxygen atoms in total. The van der Waals surface area contributed by atoms with Crippen LogP contribution in [-0.2, 0) is 27.1 Å². The summed E-state index contributed by atoms with van der Waals surface area (Å²) in [6, 6.07) is 8.70. The number of aryl methyl sites for hydroxylation is 2. The maximum absolute atomic E-state index is 13.0. The maximum atomic E-state index is 13.0. The van der Waals surface area contributed by atoms with E-state index in [9.17, 15) is 27.4 Å². The van der Waals surface area contributed by atoms with Crippen LogP contribution in [0.4, 0.5) is 8.78 Å². The third kappa shape index (κ3) is 7.36. The Morgan fingerprint density at radius 2 is 1.41 bits per heavy atom. The molecule has 4 atom stereocenters. The Kier molecular flexibility index (Phi) is 8.86. The van der Waals surface area contributed by atoms with Crippen molar-refractivity contribution in [3.05, 3.63) is 59.2 Å². The van der Waals surface area contributed by atoms with Crippen LogP contribution in [0.15, 0.2) is 36.4 Å². The Labute approximate surface area is 198 Å². The van der Waals surface area contributed by atoms with Crippen LogP contribution in [0.25, 0.3) is 0 Å². The van der Waals surface area contributed by atoms with Gasteiger partial charge < -0.3 is 19.7 Å². The molecular formula is C24H30F2O7S. The summed E-state index contributed by atoms with van der Waals surface area (Å²) in [4.78, 5) is 0. The predicted octanol–water partition coefficient (Wildman–Crippen LogP) is 3.15. The molecule has 2 aromatic rings. The first kappa shape index (κ1) is 26.3. The van der Waals surface area contributed by atoms with Gasteiger partial charge in [0.05, 0.1) is 19.0 Å². The second kappa shape index (κ2) is 11.4. The molecule has 2 aromatic carbocycles. The molecule has 34 heavy (non-hydrogen) atoms. The van der Waals surface area contributed by atoms with Crippen LogP contribution in [0.3, 0.4) is 0 Å². The van der Waals surface area contributed by atoms with E-state index in [1.165, 1.54) is 30.3 Å². The lowest BCUT2D eigenvalue weighted by Gasteiger charge is -2.29. The Bertz CT molecular complexity index is 1080. The molecule has 0 saturated carbocycles. The van der Waals surface area contributed by atoms with Crippen molar-refractivity contribution in [2.45, 2.75) is 63.4 Å². The summed E-state index contributed by atoms with van der Waals surface area (Å²) in [6.07, 6.45) is 1.99. The Morgan fingerprint density at radius 3 is 1.85 bits per heavy atom. The Morgan fingerprint density at radius 1 is 0.941 bits per heavy atom. The van der Waals surface area contributed by atoms with E-state index < -0.39 is 28.4 Å². The van der Waals surface area contributed by atoms with E-state index in [1.807, 2.05) is 6.92 Å². The third-order valence-corrected chi connectivity index (χ3v) is 6.29. The zero-order chi connectivity index (χ0) is 24.9. The normalized spacial score (nSPS) is 21.0. The summed E-state index contributed by atoms with van der Waals surface area (Å²) < 4.78 is 63.3. The van der Waals surface area contributed by atoms with E-state index in [-0.39, 0.29) is 24.3 Å². The second-order valence-corrected chi connectivity index (χ2v) is 10.1. The Balaban J connectivity index is 0.000000196. The van der Waals surface area contributed by atoms with Gasteiger partial charge in [-0.3, -0.25) is 4.18 Å². The number of benzene rings is 2. The molecule has 0 radical (unpaired) electrons. The number of ether oxygens (including phenoxy) is 2. The largest absolute Gasteiger partial charge is 0.487 e. The fourth-order valence-electron chi connectivity index (χ4n) is 3.86. The molecule has 2 heterocycles. The molecule has 2 N–H and O–H groups in total. The van der Waals surface area contributed by atoms with E-state index >= 15 is 0 Å². The summed E-state index contributed by atoms with van der Waals surface area (Å²) in [5, 5.41) is 19.5. The average Bonchev–Trinajstić information content (AvgIpc) is 2.81. The van der Waals surface area contributed by atoms with Crippen molar-refractivity contribution in [2.24, 2.45) is 0 Å². The van der Waals surface area contributed by atoms with Crippen LogP contribution >= 0.6 is 0 Å². The molecule has 0 saturated heterocycles. The zero-order valence-corrected chi connectivity index (χ0v) is 19.9. The smallest absolute Gasteiger partial charge is 0.264 e. The van der Waals surface area contributed by atoms with Crippen LogP contribution in [0.2, 0.25) is 0 Å². The number of fused-ring (bicyclic) bond motifs is 2. The van der Waals surface area contributed by atoms with Crippen molar-refractivity contribution in [1.29, 1.82) is 0 Å². The molecule has 0 unspecified atom stereocenters. The molecule has 2 aliphatic heterocycles. The van der Waals surface area contributed by atoms with Gasteiger partial charge >= 0.3 is 0 Å². The molecule has 0 aliphatic carbocycles. The summed E-state index contributed by atoms with van der Waals surface area (Å²) in [7, 11) is -3.59. The SMILES string of the molecule is CC[C@H](O)[C@@H]1CCc2cc(F)ccc2O1.CS(=O)(=O)OC[C@@H](O)[C@H]1CCc2cc(F)ccc2O1. The first-order valence-electron chi connectivity index (χ1n) is 11.2. The highest BCUT2D eigenvalue weighted by atomic mass is 32.2. The fourth-order valence-corrected chi connectivity index (χ4v) is 4.25. The summed E-state index contributed by atoms with van der Waals surface area (Å²) in [5.74, 6) is 0.657. The maximum Gasteiger partial charge on any atom is 0.264 e. The average molecular weight is 501 g/mol. The van der Waals surface area contributed by atoms with Gasteiger partial charge in [-0.2, -0.15) is 8.42 Å². The van der Waals surface area contributed by atoms with Gasteiger partial charge in [0.2, 0.25) is 0 Å². The molecular weight excluding hydrogens is 470 g/mol. The highest BCUT2D eigenvalue weighted by Crippen LogP contribution is 2.30. The number of aliphatic hydroxyl groups excluding tert-OH is 2. The Hall–Kier alpha value is -2.27. The summed E-state index contributed by atoms with van der Waals surface area (Å²) in [6.45, 7) is 1.58. The predicted molar refractivity (Wildman–Crippen MR) is 121 cm³/mol. The summed E-state index contributed by atoms with van der Waals surface area (Å²) >= 11 is 0. The van der Waals surface area contributed by atoms with Gasteiger partial charge in [0.15, 0.2) is 0 Å². The third-order valence-electron chi connectivity index (χ3n) is 5.73. The van der Waals surface area contributed by atoms with E-state index in [0.29, 0.717) is 30.8 Å². The quantitative estimate of drug-likeness (QED) is 0.588. The van der Waals surface area contributed by atoms with Crippen LogP contribution in [-0.4, -0.2) is 55.9 Å². The number of hydrogen-bond acceptors (Lipinski definition) is 7. The number of aliphatic hydroxyl groups is 2. The van der Waals surface area contributed by atoms with Gasteiger partial charge in [-0.15, -0.1) is 0 Å². The lowest BCUT2D eigenvalue weighted by molar-refractivity contribution is -0.00188. The van der Waals surface area contributed by atoms with Gasteiger partial charge in [0.1, 0.15) is 41.4 Å². The van der Waals surface area contributed by atoms with Crippen molar-refractivity contribution < 1.29 is 41.1 Å². The minimum Gasteiger partial charge on any atom is -0.487 e. The number of hydrogen-bond donors (Lipinski definition) is 2. The minimum atomic E-state index is -3.59. The first-order valence-corrected chi connectivity index (χ1v) is 13.0. The molecule has 188 valence electrons. The highest BCUT2D eigenvalue weighted by Gasteiger charge is 2.28. The van der Waals surface area contributed by atoms with Crippen LogP contribution in [0.5, 0.6) is 11.5 Å². The summed E-state index contributed by atoms with van der Waals surface area (Å²) in [5.41, 5.74) is 1.64. The van der Waals surface area contributed by atoms with Gasteiger partial charge in [-0.05, 0) is 79.6 Å².